The number of hydrogen-bond acceptors (Lipinski definition) is 5. The van der Waals surface area contributed by atoms with Crippen molar-refractivity contribution < 1.29 is 19.6 Å². The van der Waals surface area contributed by atoms with E-state index in [0.29, 0.717) is 11.3 Å². The van der Waals surface area contributed by atoms with Gasteiger partial charge in [-0.05, 0) is 23.8 Å². The van der Waals surface area contributed by atoms with Gasteiger partial charge in [-0.1, -0.05) is 0 Å². The van der Waals surface area contributed by atoms with Crippen LogP contribution in [0.2, 0.25) is 0 Å². The molecule has 0 bridgehead atoms. The van der Waals surface area contributed by atoms with Crippen molar-refractivity contribution in [2.24, 2.45) is 0 Å². The van der Waals surface area contributed by atoms with Gasteiger partial charge in [0.2, 0.25) is 5.91 Å². The Labute approximate surface area is 142 Å². The average Bonchev–Trinajstić information content (AvgIpc) is 3.10. The van der Waals surface area contributed by atoms with Crippen LogP contribution in [0.15, 0.2) is 42.9 Å². The Kier molecular flexibility index (Phi) is 5.62. The van der Waals surface area contributed by atoms with Crippen molar-refractivity contribution in [2.75, 3.05) is 7.05 Å². The zero-order valence-corrected chi connectivity index (χ0v) is 13.3. The molecule has 2 rings (SSSR count). The molecule has 1 atom stereocenters. The second kappa shape index (κ2) is 7.86. The topological polar surface area (TPSA) is 129 Å². The molecular formula is C16H16N4O5. The highest BCUT2D eigenvalue weighted by molar-refractivity contribution is 5.94. The molecule has 0 unspecified atom stereocenters. The summed E-state index contributed by atoms with van der Waals surface area (Å²) in [5, 5.41) is 19.9. The molecule has 2 N–H and O–H groups in total. The van der Waals surface area contributed by atoms with Gasteiger partial charge in [-0.25, -0.2) is 9.78 Å². The number of nitro groups is 1. The summed E-state index contributed by atoms with van der Waals surface area (Å²) < 4.78 is 0. The summed E-state index contributed by atoms with van der Waals surface area (Å²) in [7, 11) is 1.40. The number of likely N-dealkylation sites (N-methyl/N-ethyl adjacent to an activating group) is 1. The maximum atomic E-state index is 12.2. The van der Waals surface area contributed by atoms with Gasteiger partial charge in [-0.2, -0.15) is 0 Å². The van der Waals surface area contributed by atoms with Gasteiger partial charge >= 0.3 is 5.97 Å². The largest absolute Gasteiger partial charge is 0.480 e. The van der Waals surface area contributed by atoms with E-state index in [4.69, 9.17) is 0 Å². The molecule has 2 aromatic rings. The summed E-state index contributed by atoms with van der Waals surface area (Å²) in [6, 6.07) is 4.61. The molecule has 1 aromatic heterocycles. The number of carbonyl (C=O) groups excluding carboxylic acids is 1. The summed E-state index contributed by atoms with van der Waals surface area (Å²) in [4.78, 5) is 41.5. The Morgan fingerprint density at radius 3 is 2.60 bits per heavy atom. The molecule has 9 heteroatoms. The predicted molar refractivity (Wildman–Crippen MR) is 88.6 cm³/mol. The molecule has 0 saturated heterocycles. The van der Waals surface area contributed by atoms with Crippen molar-refractivity contribution in [1.29, 1.82) is 0 Å². The fourth-order valence-corrected chi connectivity index (χ4v) is 2.14. The molecule has 1 aromatic carbocycles. The number of benzene rings is 1. The van der Waals surface area contributed by atoms with Crippen LogP contribution in [0.5, 0.6) is 0 Å². The molecule has 9 nitrogen and oxygen atoms in total. The number of imidazole rings is 1. The second-order valence-electron chi connectivity index (χ2n) is 5.27. The number of nitrogens with zero attached hydrogens (tertiary/aromatic N) is 3. The second-order valence-corrected chi connectivity index (χ2v) is 5.27. The first kappa shape index (κ1) is 17.9. The number of carbonyl (C=O) groups is 2. The lowest BCUT2D eigenvalue weighted by Crippen LogP contribution is -2.43. The lowest BCUT2D eigenvalue weighted by atomic mass is 10.1. The van der Waals surface area contributed by atoms with E-state index in [9.17, 15) is 24.8 Å². The molecule has 0 aliphatic carbocycles. The van der Waals surface area contributed by atoms with Gasteiger partial charge in [-0.3, -0.25) is 14.9 Å². The number of carboxylic acid groups (broad SMARTS) is 1. The number of amides is 1. The highest BCUT2D eigenvalue weighted by Crippen LogP contribution is 2.13. The fourth-order valence-electron chi connectivity index (χ4n) is 2.14. The number of hydrogen-bond donors (Lipinski definition) is 2. The Balaban J connectivity index is 2.06. The first-order valence-corrected chi connectivity index (χ1v) is 7.28. The van der Waals surface area contributed by atoms with Gasteiger partial charge < -0.3 is 15.0 Å². The van der Waals surface area contributed by atoms with E-state index in [2.05, 4.69) is 9.97 Å². The number of aliphatic carboxylic acids is 1. The Bertz CT molecular complexity index is 783. The molecule has 0 fully saturated rings. The quantitative estimate of drug-likeness (QED) is 0.444. The van der Waals surface area contributed by atoms with Crippen LogP contribution >= 0.6 is 0 Å². The van der Waals surface area contributed by atoms with Crippen molar-refractivity contribution in [3.8, 4) is 0 Å². The van der Waals surface area contributed by atoms with E-state index in [0.717, 1.165) is 4.90 Å². The van der Waals surface area contributed by atoms with Crippen LogP contribution in [0.1, 0.15) is 11.3 Å². The normalized spacial score (nSPS) is 12.0. The van der Waals surface area contributed by atoms with Gasteiger partial charge in [0, 0.05) is 43.6 Å². The molecule has 0 aliphatic heterocycles. The number of H-pyrrole nitrogens is 1. The van der Waals surface area contributed by atoms with Crippen LogP contribution in [-0.4, -0.2) is 49.9 Å². The molecule has 0 saturated carbocycles. The third-order valence-electron chi connectivity index (χ3n) is 3.59. The summed E-state index contributed by atoms with van der Waals surface area (Å²) >= 11 is 0. The first-order valence-electron chi connectivity index (χ1n) is 7.28. The maximum Gasteiger partial charge on any atom is 0.326 e. The minimum Gasteiger partial charge on any atom is -0.480 e. The Morgan fingerprint density at radius 1 is 1.40 bits per heavy atom. The summed E-state index contributed by atoms with van der Waals surface area (Å²) in [6.45, 7) is 0. The van der Waals surface area contributed by atoms with E-state index in [1.807, 2.05) is 0 Å². The lowest BCUT2D eigenvalue weighted by molar-refractivity contribution is -0.384. The summed E-state index contributed by atoms with van der Waals surface area (Å²) in [6.07, 6.45) is 5.73. The Hall–Kier alpha value is -3.49. The van der Waals surface area contributed by atoms with E-state index in [-0.39, 0.29) is 12.1 Å². The highest BCUT2D eigenvalue weighted by Gasteiger charge is 2.26. The smallest absolute Gasteiger partial charge is 0.326 e. The van der Waals surface area contributed by atoms with Gasteiger partial charge in [-0.15, -0.1) is 0 Å². The molecular weight excluding hydrogens is 328 g/mol. The number of aromatic nitrogens is 2. The number of aromatic amines is 1. The standard InChI is InChI=1S/C16H16N4O5/c1-19(14(16(22)23)8-12-9-17-10-18-12)15(21)7-4-11-2-5-13(6-3-11)20(24)25/h2-7,9-10,14H,8H2,1H3,(H,17,18)(H,22,23)/t14-/m0/s1. The SMILES string of the molecule is CN(C(=O)C=Cc1ccc([N+](=O)[O-])cc1)[C@@H](Cc1cnc[nH]1)C(=O)O. The molecule has 1 amide bonds. The molecule has 0 radical (unpaired) electrons. The average molecular weight is 344 g/mol. The van der Waals surface area contributed by atoms with Crippen molar-refractivity contribution >= 4 is 23.6 Å². The molecule has 1 heterocycles. The monoisotopic (exact) mass is 344 g/mol. The zero-order valence-electron chi connectivity index (χ0n) is 13.3. The number of carboxylic acids is 1. The van der Waals surface area contributed by atoms with Crippen LogP contribution < -0.4 is 0 Å². The lowest BCUT2D eigenvalue weighted by Gasteiger charge is -2.23. The maximum absolute atomic E-state index is 12.2. The van der Waals surface area contributed by atoms with Gasteiger partial charge in [0.15, 0.2) is 0 Å². The van der Waals surface area contributed by atoms with Gasteiger partial charge in [0.1, 0.15) is 6.04 Å². The zero-order chi connectivity index (χ0) is 18.4. The molecule has 25 heavy (non-hydrogen) atoms. The third-order valence-corrected chi connectivity index (χ3v) is 3.59. The van der Waals surface area contributed by atoms with Crippen LogP contribution in [0.3, 0.4) is 0 Å². The number of rotatable bonds is 7. The van der Waals surface area contributed by atoms with Crippen LogP contribution in [0.25, 0.3) is 6.08 Å². The van der Waals surface area contributed by atoms with Crippen LogP contribution in [0.4, 0.5) is 5.69 Å². The summed E-state index contributed by atoms with van der Waals surface area (Å²) in [5.41, 5.74) is 1.14. The minimum atomic E-state index is -1.13. The fraction of sp³-hybridized carbons (Fsp3) is 0.188. The van der Waals surface area contributed by atoms with Crippen molar-refractivity contribution in [2.45, 2.75) is 12.5 Å². The molecule has 130 valence electrons. The highest BCUT2D eigenvalue weighted by atomic mass is 16.6. The number of non-ortho nitro benzene ring substituents is 1. The van der Waals surface area contributed by atoms with E-state index in [1.54, 1.807) is 0 Å². The molecule has 0 aliphatic rings. The third kappa shape index (κ3) is 4.74. The molecule has 0 spiro atoms. The van der Waals surface area contributed by atoms with Crippen LogP contribution in [-0.2, 0) is 16.0 Å². The minimum absolute atomic E-state index is 0.0499. The van der Waals surface area contributed by atoms with E-state index < -0.39 is 22.8 Å². The first-order chi connectivity index (χ1) is 11.9. The predicted octanol–water partition coefficient (Wildman–Crippen LogP) is 1.49. The van der Waals surface area contributed by atoms with E-state index >= 15 is 0 Å². The van der Waals surface area contributed by atoms with Gasteiger partial charge in [0.25, 0.3) is 5.69 Å². The van der Waals surface area contributed by atoms with Gasteiger partial charge in [0.05, 0.1) is 11.3 Å². The van der Waals surface area contributed by atoms with Crippen molar-refractivity contribution in [1.82, 2.24) is 14.9 Å². The van der Waals surface area contributed by atoms with Crippen molar-refractivity contribution in [3.63, 3.8) is 0 Å². The van der Waals surface area contributed by atoms with Crippen molar-refractivity contribution in [3.05, 3.63) is 64.2 Å². The van der Waals surface area contributed by atoms with E-state index in [1.165, 1.54) is 56.0 Å². The summed E-state index contributed by atoms with van der Waals surface area (Å²) in [5.74, 6) is -1.63. The number of nitrogens with one attached hydrogen (secondary N) is 1. The van der Waals surface area contributed by atoms with Crippen LogP contribution in [0, 0.1) is 10.1 Å². The Morgan fingerprint density at radius 2 is 2.08 bits per heavy atom. The number of nitro benzene ring substituents is 1.